The molecule has 7 nitrogen and oxygen atoms in total. The summed E-state index contributed by atoms with van der Waals surface area (Å²) in [5.74, 6) is 0.355. The Morgan fingerprint density at radius 1 is 1.19 bits per heavy atom. The van der Waals surface area contributed by atoms with E-state index in [9.17, 15) is 4.79 Å². The van der Waals surface area contributed by atoms with Crippen molar-refractivity contribution in [3.8, 4) is 23.0 Å². The molecule has 27 heavy (non-hydrogen) atoms. The maximum Gasteiger partial charge on any atom is 0.321 e. The molecule has 0 fully saturated rings. The normalized spacial score (nSPS) is 10.6. The van der Waals surface area contributed by atoms with Crippen molar-refractivity contribution < 1.29 is 9.53 Å². The highest BCUT2D eigenvalue weighted by atomic mass is 32.1. The van der Waals surface area contributed by atoms with E-state index >= 15 is 0 Å². The number of hydrogen-bond donors (Lipinski definition) is 2. The van der Waals surface area contributed by atoms with E-state index in [4.69, 9.17) is 4.74 Å². The van der Waals surface area contributed by atoms with Gasteiger partial charge in [0.1, 0.15) is 11.4 Å². The lowest BCUT2D eigenvalue weighted by molar-refractivity contribution is 0.102. The summed E-state index contributed by atoms with van der Waals surface area (Å²) in [6.45, 7) is 1.95. The lowest BCUT2D eigenvalue weighted by Gasteiger charge is -2.06. The number of nitrogens with one attached hydrogen (secondary N) is 2. The highest BCUT2D eigenvalue weighted by molar-refractivity contribution is 7.09. The number of anilines is 1. The Bertz CT molecular complexity index is 1060. The number of nitrogens with zero attached hydrogens (tertiary/aromatic N) is 3. The second kappa shape index (κ2) is 7.38. The van der Waals surface area contributed by atoms with Crippen LogP contribution >= 0.6 is 11.3 Å². The van der Waals surface area contributed by atoms with Gasteiger partial charge in [-0.25, -0.2) is 15.0 Å². The standard InChI is InChI=1S/C19H15N5O2S/c1-12-23-17(11-27-12)13-9-16(22-10-13)18(25)24-14-3-5-15(6-4-14)26-19-20-7-2-8-21-19/h2-11,22H,1H3,(H,24,25). The minimum Gasteiger partial charge on any atom is -0.424 e. The SMILES string of the molecule is Cc1nc(-c2c[nH]c(C(=O)Nc3ccc(Oc4ncccn4)cc3)c2)cs1. The summed E-state index contributed by atoms with van der Waals surface area (Å²) in [7, 11) is 0. The molecule has 0 atom stereocenters. The number of amides is 1. The number of aromatic nitrogens is 4. The van der Waals surface area contributed by atoms with Crippen LogP contribution in [-0.4, -0.2) is 25.8 Å². The number of thiazole rings is 1. The van der Waals surface area contributed by atoms with Crippen LogP contribution in [0.1, 0.15) is 15.5 Å². The average Bonchev–Trinajstić information content (AvgIpc) is 3.33. The summed E-state index contributed by atoms with van der Waals surface area (Å²) in [6, 6.07) is 10.8. The third-order valence-corrected chi connectivity index (χ3v) is 4.48. The first-order valence-corrected chi connectivity index (χ1v) is 9.02. The smallest absolute Gasteiger partial charge is 0.321 e. The van der Waals surface area contributed by atoms with Crippen LogP contribution in [-0.2, 0) is 0 Å². The molecule has 0 saturated carbocycles. The second-order valence-corrected chi connectivity index (χ2v) is 6.73. The molecule has 134 valence electrons. The van der Waals surface area contributed by atoms with Crippen LogP contribution in [0.3, 0.4) is 0 Å². The van der Waals surface area contributed by atoms with Gasteiger partial charge in [0.2, 0.25) is 0 Å². The average molecular weight is 377 g/mol. The van der Waals surface area contributed by atoms with Crippen molar-refractivity contribution in [1.82, 2.24) is 19.9 Å². The molecule has 0 bridgehead atoms. The number of carbonyl (C=O) groups excluding carboxylic acids is 1. The summed E-state index contributed by atoms with van der Waals surface area (Å²) < 4.78 is 5.53. The van der Waals surface area contributed by atoms with Gasteiger partial charge in [-0.15, -0.1) is 11.3 Å². The predicted octanol–water partition coefficient (Wildman–Crippen LogP) is 4.28. The van der Waals surface area contributed by atoms with Gasteiger partial charge in [0.25, 0.3) is 5.91 Å². The number of rotatable bonds is 5. The van der Waals surface area contributed by atoms with E-state index in [2.05, 4.69) is 25.3 Å². The molecule has 3 aromatic heterocycles. The van der Waals surface area contributed by atoms with Gasteiger partial charge in [-0.1, -0.05) is 0 Å². The molecule has 1 amide bonds. The van der Waals surface area contributed by atoms with E-state index in [1.165, 1.54) is 0 Å². The Balaban J connectivity index is 1.41. The van der Waals surface area contributed by atoms with Gasteiger partial charge in [0, 0.05) is 35.2 Å². The molecule has 0 aliphatic heterocycles. The van der Waals surface area contributed by atoms with Crippen molar-refractivity contribution >= 4 is 22.9 Å². The number of H-pyrrole nitrogens is 1. The summed E-state index contributed by atoms with van der Waals surface area (Å²) in [6.07, 6.45) is 4.99. The Morgan fingerprint density at radius 2 is 1.96 bits per heavy atom. The van der Waals surface area contributed by atoms with Crippen LogP contribution in [0.25, 0.3) is 11.3 Å². The fraction of sp³-hybridized carbons (Fsp3) is 0.0526. The Hall–Kier alpha value is -3.52. The van der Waals surface area contributed by atoms with Crippen LogP contribution in [0, 0.1) is 6.92 Å². The second-order valence-electron chi connectivity index (χ2n) is 5.67. The molecule has 1 aromatic carbocycles. The molecule has 8 heteroatoms. The summed E-state index contributed by atoms with van der Waals surface area (Å²) in [5.41, 5.74) is 2.86. The molecule has 0 aliphatic rings. The number of aromatic amines is 1. The molecule has 0 aliphatic carbocycles. The van der Waals surface area contributed by atoms with Crippen LogP contribution in [0.2, 0.25) is 0 Å². The zero-order valence-corrected chi connectivity index (χ0v) is 15.2. The summed E-state index contributed by atoms with van der Waals surface area (Å²) in [4.78, 5) is 27.8. The zero-order valence-electron chi connectivity index (χ0n) is 14.3. The van der Waals surface area contributed by atoms with Gasteiger partial charge in [-0.2, -0.15) is 0 Å². The zero-order chi connectivity index (χ0) is 18.6. The number of hydrogen-bond acceptors (Lipinski definition) is 6. The predicted molar refractivity (Wildman–Crippen MR) is 103 cm³/mol. The van der Waals surface area contributed by atoms with Crippen LogP contribution in [0.15, 0.2) is 60.4 Å². The minimum absolute atomic E-state index is 0.228. The molecular weight excluding hydrogens is 362 g/mol. The van der Waals surface area contributed by atoms with Crippen LogP contribution < -0.4 is 10.1 Å². The number of ether oxygens (including phenoxy) is 1. The first-order chi connectivity index (χ1) is 13.2. The molecule has 0 radical (unpaired) electrons. The monoisotopic (exact) mass is 377 g/mol. The van der Waals surface area contributed by atoms with Gasteiger partial charge in [0.15, 0.2) is 0 Å². The van der Waals surface area contributed by atoms with Gasteiger partial charge in [-0.3, -0.25) is 4.79 Å². The van der Waals surface area contributed by atoms with Gasteiger partial charge >= 0.3 is 6.01 Å². The van der Waals surface area contributed by atoms with Crippen molar-refractivity contribution in [2.45, 2.75) is 6.92 Å². The Morgan fingerprint density at radius 3 is 2.67 bits per heavy atom. The molecule has 3 heterocycles. The molecule has 0 saturated heterocycles. The lowest BCUT2D eigenvalue weighted by Crippen LogP contribution is -2.11. The van der Waals surface area contributed by atoms with E-state index in [-0.39, 0.29) is 11.9 Å². The maximum atomic E-state index is 12.4. The van der Waals surface area contributed by atoms with E-state index in [1.807, 2.05) is 12.3 Å². The number of aryl methyl sites for hydroxylation is 1. The van der Waals surface area contributed by atoms with Crippen LogP contribution in [0.5, 0.6) is 11.8 Å². The van der Waals surface area contributed by atoms with Crippen molar-refractivity contribution in [2.24, 2.45) is 0 Å². The number of benzene rings is 1. The molecule has 4 rings (SSSR count). The summed E-state index contributed by atoms with van der Waals surface area (Å²) >= 11 is 1.58. The molecular formula is C19H15N5O2S. The fourth-order valence-corrected chi connectivity index (χ4v) is 3.04. The van der Waals surface area contributed by atoms with Crippen LogP contribution in [0.4, 0.5) is 5.69 Å². The van der Waals surface area contributed by atoms with Gasteiger partial charge in [-0.05, 0) is 43.3 Å². The van der Waals surface area contributed by atoms with Crippen molar-refractivity contribution in [3.05, 3.63) is 71.1 Å². The van der Waals surface area contributed by atoms with Gasteiger partial charge < -0.3 is 15.0 Å². The molecule has 4 aromatic rings. The van der Waals surface area contributed by atoms with Crippen molar-refractivity contribution in [2.75, 3.05) is 5.32 Å². The van der Waals surface area contributed by atoms with Crippen molar-refractivity contribution in [3.63, 3.8) is 0 Å². The first kappa shape index (κ1) is 16.9. The van der Waals surface area contributed by atoms with E-state index in [0.29, 0.717) is 17.1 Å². The molecule has 0 unspecified atom stereocenters. The third kappa shape index (κ3) is 4.01. The first-order valence-electron chi connectivity index (χ1n) is 8.14. The lowest BCUT2D eigenvalue weighted by atomic mass is 10.2. The van der Waals surface area contributed by atoms with Gasteiger partial charge in [0.05, 0.1) is 10.7 Å². The highest BCUT2D eigenvalue weighted by Gasteiger charge is 2.11. The van der Waals surface area contributed by atoms with E-state index in [0.717, 1.165) is 16.3 Å². The Kier molecular flexibility index (Phi) is 4.63. The highest BCUT2D eigenvalue weighted by Crippen LogP contribution is 2.23. The topological polar surface area (TPSA) is 92.8 Å². The summed E-state index contributed by atoms with van der Waals surface area (Å²) in [5, 5.41) is 5.80. The molecule has 2 N–H and O–H groups in total. The molecule has 0 spiro atoms. The van der Waals surface area contributed by atoms with E-state index in [1.54, 1.807) is 66.3 Å². The third-order valence-electron chi connectivity index (χ3n) is 3.71. The maximum absolute atomic E-state index is 12.4. The fourth-order valence-electron chi connectivity index (χ4n) is 2.42. The van der Waals surface area contributed by atoms with E-state index < -0.39 is 0 Å². The van der Waals surface area contributed by atoms with Crippen molar-refractivity contribution in [1.29, 1.82) is 0 Å². The quantitative estimate of drug-likeness (QED) is 0.541. The minimum atomic E-state index is -0.228. The number of carbonyl (C=O) groups is 1. The largest absolute Gasteiger partial charge is 0.424 e. The Labute approximate surface area is 159 Å².